The molecule has 3 aromatic rings. The van der Waals surface area contributed by atoms with E-state index >= 15 is 0 Å². The maximum Gasteiger partial charge on any atom is 0.251 e. The molecular formula is C20H20FN3O2. The number of amides is 1. The zero-order chi connectivity index (χ0) is 18.7. The van der Waals surface area contributed by atoms with Crippen molar-refractivity contribution in [2.24, 2.45) is 0 Å². The van der Waals surface area contributed by atoms with Crippen LogP contribution in [0.3, 0.4) is 0 Å². The summed E-state index contributed by atoms with van der Waals surface area (Å²) in [7, 11) is 3.89. The Bertz CT molecular complexity index is 886. The number of benzene rings is 2. The standard InChI is InChI=1S/C20H20FN3O2/c1-13(23-19(25)15-6-10-17(11-7-15)24(2)3)20-22-12-18(26-20)14-4-8-16(21)9-5-14/h4-13H,1-3H3,(H,23,25). The van der Waals surface area contributed by atoms with Gasteiger partial charge >= 0.3 is 0 Å². The molecule has 0 saturated carbocycles. The monoisotopic (exact) mass is 353 g/mol. The van der Waals surface area contributed by atoms with E-state index in [0.717, 1.165) is 11.3 Å². The molecule has 2 aromatic carbocycles. The highest BCUT2D eigenvalue weighted by atomic mass is 19.1. The molecule has 1 N–H and O–H groups in total. The van der Waals surface area contributed by atoms with Gasteiger partial charge in [0.1, 0.15) is 11.9 Å². The van der Waals surface area contributed by atoms with Crippen LogP contribution in [-0.4, -0.2) is 25.0 Å². The predicted octanol–water partition coefficient (Wildman–Crippen LogP) is 4.04. The molecule has 5 nitrogen and oxygen atoms in total. The van der Waals surface area contributed by atoms with Gasteiger partial charge in [0.05, 0.1) is 6.20 Å². The van der Waals surface area contributed by atoms with Gasteiger partial charge in [-0.25, -0.2) is 9.37 Å². The molecule has 1 atom stereocenters. The molecular weight excluding hydrogens is 333 g/mol. The van der Waals surface area contributed by atoms with Crippen LogP contribution in [-0.2, 0) is 0 Å². The average Bonchev–Trinajstić information content (AvgIpc) is 3.12. The molecule has 26 heavy (non-hydrogen) atoms. The Balaban J connectivity index is 1.68. The lowest BCUT2D eigenvalue weighted by atomic mass is 10.1. The van der Waals surface area contributed by atoms with E-state index < -0.39 is 6.04 Å². The van der Waals surface area contributed by atoms with E-state index in [0.29, 0.717) is 17.2 Å². The van der Waals surface area contributed by atoms with Crippen molar-refractivity contribution in [2.75, 3.05) is 19.0 Å². The second-order valence-electron chi connectivity index (χ2n) is 6.21. The summed E-state index contributed by atoms with van der Waals surface area (Å²) in [5.41, 5.74) is 2.31. The van der Waals surface area contributed by atoms with Crippen LogP contribution in [0, 0.1) is 5.82 Å². The van der Waals surface area contributed by atoms with Gasteiger partial charge in [0, 0.05) is 30.9 Å². The summed E-state index contributed by atoms with van der Waals surface area (Å²) in [4.78, 5) is 18.6. The number of nitrogens with zero attached hydrogens (tertiary/aromatic N) is 2. The first-order valence-corrected chi connectivity index (χ1v) is 8.24. The van der Waals surface area contributed by atoms with Gasteiger partial charge in [-0.05, 0) is 55.5 Å². The van der Waals surface area contributed by atoms with Gasteiger partial charge < -0.3 is 14.6 Å². The molecule has 0 aliphatic heterocycles. The van der Waals surface area contributed by atoms with Crippen molar-refractivity contribution in [1.82, 2.24) is 10.3 Å². The SMILES string of the molecule is CC(NC(=O)c1ccc(N(C)C)cc1)c1ncc(-c2ccc(F)cc2)o1. The molecule has 1 aromatic heterocycles. The van der Waals surface area contributed by atoms with E-state index in [2.05, 4.69) is 10.3 Å². The number of carbonyl (C=O) groups is 1. The van der Waals surface area contributed by atoms with Gasteiger partial charge in [0.25, 0.3) is 5.91 Å². The van der Waals surface area contributed by atoms with E-state index in [9.17, 15) is 9.18 Å². The topological polar surface area (TPSA) is 58.4 Å². The highest BCUT2D eigenvalue weighted by molar-refractivity contribution is 5.94. The van der Waals surface area contributed by atoms with Crippen LogP contribution >= 0.6 is 0 Å². The number of rotatable bonds is 5. The second-order valence-corrected chi connectivity index (χ2v) is 6.21. The number of carbonyl (C=O) groups excluding carboxylic acids is 1. The first-order valence-electron chi connectivity index (χ1n) is 8.24. The van der Waals surface area contributed by atoms with E-state index in [1.165, 1.54) is 12.1 Å². The maximum atomic E-state index is 13.0. The number of anilines is 1. The molecule has 0 aliphatic carbocycles. The quantitative estimate of drug-likeness (QED) is 0.752. The zero-order valence-corrected chi connectivity index (χ0v) is 14.9. The predicted molar refractivity (Wildman–Crippen MR) is 98.5 cm³/mol. The summed E-state index contributed by atoms with van der Waals surface area (Å²) in [6.45, 7) is 1.80. The number of oxazole rings is 1. The molecule has 0 radical (unpaired) electrons. The Kier molecular flexibility index (Phi) is 5.02. The molecule has 0 fully saturated rings. The highest BCUT2D eigenvalue weighted by Gasteiger charge is 2.17. The summed E-state index contributed by atoms with van der Waals surface area (Å²) in [6.07, 6.45) is 1.57. The van der Waals surface area contributed by atoms with Crippen LogP contribution in [0.2, 0.25) is 0 Å². The molecule has 0 spiro atoms. The Labute approximate surface area is 151 Å². The summed E-state index contributed by atoms with van der Waals surface area (Å²) >= 11 is 0. The number of halogens is 1. The lowest BCUT2D eigenvalue weighted by molar-refractivity contribution is 0.0934. The largest absolute Gasteiger partial charge is 0.438 e. The smallest absolute Gasteiger partial charge is 0.251 e. The van der Waals surface area contributed by atoms with Crippen LogP contribution in [0.4, 0.5) is 10.1 Å². The lowest BCUT2D eigenvalue weighted by Gasteiger charge is -2.14. The number of hydrogen-bond acceptors (Lipinski definition) is 4. The van der Waals surface area contributed by atoms with E-state index in [-0.39, 0.29) is 11.7 Å². The fraction of sp³-hybridized carbons (Fsp3) is 0.200. The van der Waals surface area contributed by atoms with Crippen molar-refractivity contribution in [3.8, 4) is 11.3 Å². The minimum atomic E-state index is -0.398. The molecule has 1 heterocycles. The van der Waals surface area contributed by atoms with Gasteiger partial charge in [0.2, 0.25) is 5.89 Å². The third-order valence-corrected chi connectivity index (χ3v) is 4.02. The van der Waals surface area contributed by atoms with Gasteiger partial charge in [-0.1, -0.05) is 0 Å². The van der Waals surface area contributed by atoms with Crippen molar-refractivity contribution in [3.05, 3.63) is 72.0 Å². The third kappa shape index (κ3) is 3.91. The second kappa shape index (κ2) is 7.39. The van der Waals surface area contributed by atoms with Crippen LogP contribution in [0.1, 0.15) is 29.2 Å². The van der Waals surface area contributed by atoms with Gasteiger partial charge in [-0.3, -0.25) is 4.79 Å². The third-order valence-electron chi connectivity index (χ3n) is 4.02. The number of aromatic nitrogens is 1. The fourth-order valence-electron chi connectivity index (χ4n) is 2.49. The summed E-state index contributed by atoms with van der Waals surface area (Å²) in [5.74, 6) is 0.401. The molecule has 0 bridgehead atoms. The molecule has 6 heteroatoms. The fourth-order valence-corrected chi connectivity index (χ4v) is 2.49. The van der Waals surface area contributed by atoms with E-state index in [1.807, 2.05) is 31.1 Å². The minimum absolute atomic E-state index is 0.204. The van der Waals surface area contributed by atoms with Gasteiger partial charge in [-0.15, -0.1) is 0 Å². The van der Waals surface area contributed by atoms with Crippen molar-refractivity contribution in [1.29, 1.82) is 0 Å². The first-order chi connectivity index (χ1) is 12.4. The van der Waals surface area contributed by atoms with Crippen molar-refractivity contribution >= 4 is 11.6 Å². The highest BCUT2D eigenvalue weighted by Crippen LogP contribution is 2.23. The van der Waals surface area contributed by atoms with Crippen LogP contribution in [0.5, 0.6) is 0 Å². The minimum Gasteiger partial charge on any atom is -0.438 e. The maximum absolute atomic E-state index is 13.0. The Morgan fingerprint density at radius 3 is 2.38 bits per heavy atom. The molecule has 1 amide bonds. The first kappa shape index (κ1) is 17.7. The normalized spacial score (nSPS) is 11.8. The van der Waals surface area contributed by atoms with Crippen molar-refractivity contribution in [2.45, 2.75) is 13.0 Å². The Morgan fingerprint density at radius 1 is 1.12 bits per heavy atom. The van der Waals surface area contributed by atoms with Crippen LogP contribution in [0.15, 0.2) is 59.1 Å². The van der Waals surface area contributed by atoms with Crippen LogP contribution in [0.25, 0.3) is 11.3 Å². The molecule has 0 aliphatic rings. The number of hydrogen-bond donors (Lipinski definition) is 1. The Morgan fingerprint density at radius 2 is 1.77 bits per heavy atom. The summed E-state index contributed by atoms with van der Waals surface area (Å²) in [5, 5.41) is 2.87. The summed E-state index contributed by atoms with van der Waals surface area (Å²) < 4.78 is 18.7. The van der Waals surface area contributed by atoms with Gasteiger partial charge in [-0.2, -0.15) is 0 Å². The van der Waals surface area contributed by atoms with Gasteiger partial charge in [0.15, 0.2) is 5.76 Å². The molecule has 3 rings (SSSR count). The van der Waals surface area contributed by atoms with E-state index in [1.54, 1.807) is 37.4 Å². The molecule has 1 unspecified atom stereocenters. The zero-order valence-electron chi connectivity index (χ0n) is 14.9. The van der Waals surface area contributed by atoms with Crippen molar-refractivity contribution < 1.29 is 13.6 Å². The average molecular weight is 353 g/mol. The molecule has 0 saturated heterocycles. The summed E-state index contributed by atoms with van der Waals surface area (Å²) in [6, 6.07) is 12.9. The van der Waals surface area contributed by atoms with E-state index in [4.69, 9.17) is 4.42 Å². The lowest BCUT2D eigenvalue weighted by Crippen LogP contribution is -2.26. The van der Waals surface area contributed by atoms with Crippen molar-refractivity contribution in [3.63, 3.8) is 0 Å². The number of nitrogens with one attached hydrogen (secondary N) is 1. The Hall–Kier alpha value is -3.15. The molecule has 134 valence electrons. The van der Waals surface area contributed by atoms with Crippen LogP contribution < -0.4 is 10.2 Å².